The van der Waals surface area contributed by atoms with Crippen LogP contribution in [0.5, 0.6) is 0 Å². The van der Waals surface area contributed by atoms with Gasteiger partial charge in [0.1, 0.15) is 18.4 Å². The number of rotatable bonds is 6. The normalized spacial score (nSPS) is 16.9. The van der Waals surface area contributed by atoms with Crippen LogP contribution >= 0.6 is 0 Å². The van der Waals surface area contributed by atoms with Gasteiger partial charge in [-0.2, -0.15) is 0 Å². The number of hydrogen-bond donors (Lipinski definition) is 2. The first-order chi connectivity index (χ1) is 13.7. The van der Waals surface area contributed by atoms with Crippen molar-refractivity contribution < 1.29 is 24.0 Å². The van der Waals surface area contributed by atoms with Crippen LogP contribution in [0.3, 0.4) is 0 Å². The van der Waals surface area contributed by atoms with Gasteiger partial charge < -0.3 is 14.9 Å². The van der Waals surface area contributed by atoms with Crippen LogP contribution in [0, 0.1) is 0 Å². The number of hydrogen-bond acceptors (Lipinski definition) is 6. The summed E-state index contributed by atoms with van der Waals surface area (Å²) in [6.45, 7) is 5.43. The Morgan fingerprint density at radius 1 is 1.28 bits per heavy atom. The van der Waals surface area contributed by atoms with Crippen molar-refractivity contribution in [1.82, 2.24) is 5.16 Å². The van der Waals surface area contributed by atoms with Crippen molar-refractivity contribution in [3.8, 4) is 0 Å². The molecule has 2 heterocycles. The second kappa shape index (κ2) is 8.16. The summed E-state index contributed by atoms with van der Waals surface area (Å²) in [5.41, 5.74) is 1.09. The molecule has 1 atom stereocenters. The number of carbonyl (C=O) groups is 3. The molecule has 1 aliphatic heterocycles. The predicted molar refractivity (Wildman–Crippen MR) is 107 cm³/mol. The predicted octanol–water partition coefficient (Wildman–Crippen LogP) is 2.21. The molecule has 154 valence electrons. The molecule has 29 heavy (non-hydrogen) atoms. The number of Topliss-reactive ketones (excluding diaryl/α,β-unsaturated/α-hetero) is 1. The Labute approximate surface area is 168 Å². The first-order valence-corrected chi connectivity index (χ1v) is 9.50. The molecule has 1 aliphatic rings. The second-order valence-electron chi connectivity index (χ2n) is 8.17. The lowest BCUT2D eigenvalue weighted by Crippen LogP contribution is -2.41. The highest BCUT2D eigenvalue weighted by Crippen LogP contribution is 2.29. The minimum Gasteiger partial charge on any atom is -0.389 e. The summed E-state index contributed by atoms with van der Waals surface area (Å²) < 4.78 is 5.29. The SMILES string of the molecule is CC(C)(C)c1cc(NC(=O)C2CCC(=O)N2c2ccc(CC(=O)CO)cc2)no1. The minimum atomic E-state index is -0.651. The van der Waals surface area contributed by atoms with Crippen molar-refractivity contribution in [2.24, 2.45) is 0 Å². The monoisotopic (exact) mass is 399 g/mol. The molecule has 0 radical (unpaired) electrons. The molecule has 2 aromatic rings. The van der Waals surface area contributed by atoms with Gasteiger partial charge in [0.2, 0.25) is 11.8 Å². The van der Waals surface area contributed by atoms with Gasteiger partial charge >= 0.3 is 0 Å². The Morgan fingerprint density at radius 3 is 2.55 bits per heavy atom. The number of anilines is 2. The van der Waals surface area contributed by atoms with Gasteiger partial charge in [-0.25, -0.2) is 0 Å². The van der Waals surface area contributed by atoms with E-state index in [2.05, 4.69) is 10.5 Å². The molecule has 2 amide bonds. The summed E-state index contributed by atoms with van der Waals surface area (Å²) in [5.74, 6) is 0.218. The molecule has 2 N–H and O–H groups in total. The molecular weight excluding hydrogens is 374 g/mol. The highest BCUT2D eigenvalue weighted by atomic mass is 16.5. The van der Waals surface area contributed by atoms with E-state index in [0.717, 1.165) is 5.56 Å². The Hall–Kier alpha value is -3.00. The van der Waals surface area contributed by atoms with E-state index in [0.29, 0.717) is 23.7 Å². The highest BCUT2D eigenvalue weighted by molar-refractivity contribution is 6.07. The molecule has 1 fully saturated rings. The smallest absolute Gasteiger partial charge is 0.248 e. The molecule has 0 bridgehead atoms. The standard InChI is InChI=1S/C21H25N3O5/c1-21(2,3)17-11-18(23-29-17)22-20(28)16-8-9-19(27)24(16)14-6-4-13(5-7-14)10-15(26)12-25/h4-7,11,16,25H,8-10,12H2,1-3H3,(H,22,23,28). The molecule has 8 heteroatoms. The van der Waals surface area contributed by atoms with Gasteiger partial charge in [-0.1, -0.05) is 38.1 Å². The molecule has 1 aromatic carbocycles. The van der Waals surface area contributed by atoms with E-state index < -0.39 is 12.6 Å². The fourth-order valence-electron chi connectivity index (χ4n) is 3.21. The lowest BCUT2D eigenvalue weighted by Gasteiger charge is -2.24. The number of nitrogens with zero attached hydrogens (tertiary/aromatic N) is 2. The zero-order chi connectivity index (χ0) is 21.2. The zero-order valence-corrected chi connectivity index (χ0v) is 16.8. The van der Waals surface area contributed by atoms with Gasteiger partial charge in [0.05, 0.1) is 0 Å². The van der Waals surface area contributed by atoms with E-state index in [4.69, 9.17) is 9.63 Å². The Balaban J connectivity index is 1.73. The van der Waals surface area contributed by atoms with Crippen molar-refractivity contribution in [2.75, 3.05) is 16.8 Å². The van der Waals surface area contributed by atoms with Gasteiger partial charge in [-0.15, -0.1) is 0 Å². The van der Waals surface area contributed by atoms with Crippen molar-refractivity contribution in [3.05, 3.63) is 41.7 Å². The van der Waals surface area contributed by atoms with Crippen LogP contribution in [0.4, 0.5) is 11.5 Å². The molecule has 1 aromatic heterocycles. The van der Waals surface area contributed by atoms with Crippen LogP contribution in [0.2, 0.25) is 0 Å². The third kappa shape index (κ3) is 4.71. The van der Waals surface area contributed by atoms with Crippen LogP contribution in [0.15, 0.2) is 34.9 Å². The maximum atomic E-state index is 12.8. The maximum Gasteiger partial charge on any atom is 0.248 e. The van der Waals surface area contributed by atoms with Gasteiger partial charge in [0, 0.05) is 30.0 Å². The summed E-state index contributed by atoms with van der Waals surface area (Å²) in [6, 6.07) is 7.88. The summed E-state index contributed by atoms with van der Waals surface area (Å²) in [6.07, 6.45) is 0.797. The molecule has 0 saturated carbocycles. The number of aliphatic hydroxyl groups excluding tert-OH is 1. The molecule has 3 rings (SSSR count). The average Bonchev–Trinajstić information content (AvgIpc) is 3.29. The Bertz CT molecular complexity index is 911. The van der Waals surface area contributed by atoms with Crippen LogP contribution in [-0.2, 0) is 26.2 Å². The number of amides is 2. The first kappa shape index (κ1) is 20.7. The van der Waals surface area contributed by atoms with Crippen LogP contribution < -0.4 is 10.2 Å². The molecule has 0 aliphatic carbocycles. The van der Waals surface area contributed by atoms with Crippen molar-refractivity contribution >= 4 is 29.1 Å². The van der Waals surface area contributed by atoms with Crippen LogP contribution in [0.1, 0.15) is 44.9 Å². The summed E-state index contributed by atoms with van der Waals surface area (Å²) in [5, 5.41) is 15.5. The third-order valence-corrected chi connectivity index (χ3v) is 4.81. The molecular formula is C21H25N3O5. The zero-order valence-electron chi connectivity index (χ0n) is 16.8. The first-order valence-electron chi connectivity index (χ1n) is 9.50. The Morgan fingerprint density at radius 2 is 1.97 bits per heavy atom. The third-order valence-electron chi connectivity index (χ3n) is 4.81. The van der Waals surface area contributed by atoms with E-state index >= 15 is 0 Å². The highest BCUT2D eigenvalue weighted by Gasteiger charge is 2.37. The van der Waals surface area contributed by atoms with E-state index in [9.17, 15) is 14.4 Å². The molecule has 1 unspecified atom stereocenters. The van der Waals surface area contributed by atoms with E-state index in [1.54, 1.807) is 30.3 Å². The summed E-state index contributed by atoms with van der Waals surface area (Å²) in [7, 11) is 0. The fraction of sp³-hybridized carbons (Fsp3) is 0.429. The van der Waals surface area contributed by atoms with E-state index in [1.165, 1.54) is 4.90 Å². The lowest BCUT2D eigenvalue weighted by molar-refractivity contribution is -0.121. The van der Waals surface area contributed by atoms with E-state index in [-0.39, 0.29) is 35.9 Å². The number of nitrogens with one attached hydrogen (secondary N) is 1. The summed E-state index contributed by atoms with van der Waals surface area (Å²) >= 11 is 0. The second-order valence-corrected chi connectivity index (χ2v) is 8.17. The Kier molecular flexibility index (Phi) is 5.83. The van der Waals surface area contributed by atoms with Gasteiger partial charge in [-0.3, -0.25) is 19.3 Å². The lowest BCUT2D eigenvalue weighted by atomic mass is 9.93. The molecule has 8 nitrogen and oxygen atoms in total. The largest absolute Gasteiger partial charge is 0.389 e. The van der Waals surface area contributed by atoms with Crippen molar-refractivity contribution in [1.29, 1.82) is 0 Å². The van der Waals surface area contributed by atoms with Gasteiger partial charge in [0.15, 0.2) is 11.6 Å². The van der Waals surface area contributed by atoms with E-state index in [1.807, 2.05) is 20.8 Å². The number of aromatic nitrogens is 1. The summed E-state index contributed by atoms with van der Waals surface area (Å²) in [4.78, 5) is 38.0. The van der Waals surface area contributed by atoms with Gasteiger partial charge in [-0.05, 0) is 24.1 Å². The molecule has 0 spiro atoms. The number of carbonyl (C=O) groups excluding carboxylic acids is 3. The average molecular weight is 399 g/mol. The maximum absolute atomic E-state index is 12.8. The van der Waals surface area contributed by atoms with Gasteiger partial charge in [0.25, 0.3) is 0 Å². The quantitative estimate of drug-likeness (QED) is 0.770. The number of ketones is 1. The number of aliphatic hydroxyl groups is 1. The minimum absolute atomic E-state index is 0.122. The fourth-order valence-corrected chi connectivity index (χ4v) is 3.21. The number of benzene rings is 1. The van der Waals surface area contributed by atoms with Crippen molar-refractivity contribution in [2.45, 2.75) is 51.5 Å². The van der Waals surface area contributed by atoms with Crippen molar-refractivity contribution in [3.63, 3.8) is 0 Å². The van der Waals surface area contributed by atoms with Crippen LogP contribution in [-0.4, -0.2) is 40.5 Å². The van der Waals surface area contributed by atoms with Crippen LogP contribution in [0.25, 0.3) is 0 Å². The topological polar surface area (TPSA) is 113 Å². The molecule has 1 saturated heterocycles.